The lowest BCUT2D eigenvalue weighted by molar-refractivity contribution is 0.0956. The summed E-state index contributed by atoms with van der Waals surface area (Å²) >= 11 is 0. The molecule has 0 aliphatic carbocycles. The maximum Gasteiger partial charge on any atom is 0.272 e. The van der Waals surface area contributed by atoms with Gasteiger partial charge in [0.05, 0.1) is 44.3 Å². The number of para-hydroxylation sites is 1. The van der Waals surface area contributed by atoms with E-state index < -0.39 is 5.91 Å². The third-order valence-corrected chi connectivity index (χ3v) is 5.21. The summed E-state index contributed by atoms with van der Waals surface area (Å²) in [6.45, 7) is 0. The first-order chi connectivity index (χ1) is 16.5. The molecule has 0 aliphatic rings. The smallest absolute Gasteiger partial charge is 0.272 e. The van der Waals surface area contributed by atoms with Crippen LogP contribution in [0.15, 0.2) is 71.8 Å². The highest BCUT2D eigenvalue weighted by Crippen LogP contribution is 2.39. The number of hydrazone groups is 1. The van der Waals surface area contributed by atoms with Crippen LogP contribution in [0.3, 0.4) is 0 Å². The summed E-state index contributed by atoms with van der Waals surface area (Å²) in [7, 11) is 4.55. The van der Waals surface area contributed by atoms with Gasteiger partial charge in [-0.2, -0.15) is 5.10 Å². The topological polar surface area (TPSA) is 82.0 Å². The number of rotatable bonds is 7. The van der Waals surface area contributed by atoms with Gasteiger partial charge in [0.2, 0.25) is 5.75 Å². The zero-order valence-corrected chi connectivity index (χ0v) is 18.8. The first kappa shape index (κ1) is 22.7. The van der Waals surface area contributed by atoms with Crippen LogP contribution >= 0.6 is 0 Å². The lowest BCUT2D eigenvalue weighted by Gasteiger charge is -2.13. The number of halogens is 1. The van der Waals surface area contributed by atoms with Gasteiger partial charge in [0.1, 0.15) is 5.82 Å². The number of methoxy groups -OCH3 is 3. The number of benzene rings is 3. The van der Waals surface area contributed by atoms with E-state index in [-0.39, 0.29) is 5.82 Å². The van der Waals surface area contributed by atoms with Gasteiger partial charge >= 0.3 is 0 Å². The van der Waals surface area contributed by atoms with E-state index in [0.29, 0.717) is 50.5 Å². The fourth-order valence-electron chi connectivity index (χ4n) is 3.58. The number of hydrogen-bond donors (Lipinski definition) is 1. The average Bonchev–Trinajstić information content (AvgIpc) is 2.87. The quantitative estimate of drug-likeness (QED) is 0.316. The highest BCUT2D eigenvalue weighted by Gasteiger charge is 2.16. The average molecular weight is 459 g/mol. The maximum atomic E-state index is 13.4. The van der Waals surface area contributed by atoms with Crippen LogP contribution in [-0.2, 0) is 0 Å². The van der Waals surface area contributed by atoms with Crippen molar-refractivity contribution in [2.24, 2.45) is 5.10 Å². The Bertz CT molecular complexity index is 1370. The Balaban J connectivity index is 1.66. The summed E-state index contributed by atoms with van der Waals surface area (Å²) in [4.78, 5) is 17.7. The van der Waals surface area contributed by atoms with Crippen molar-refractivity contribution in [2.75, 3.05) is 21.3 Å². The second kappa shape index (κ2) is 9.99. The Kier molecular flexibility index (Phi) is 6.68. The van der Waals surface area contributed by atoms with Crippen molar-refractivity contribution >= 4 is 23.0 Å². The van der Waals surface area contributed by atoms with E-state index in [1.807, 2.05) is 24.3 Å². The molecule has 3 aromatic carbocycles. The van der Waals surface area contributed by atoms with Crippen LogP contribution < -0.4 is 19.6 Å². The SMILES string of the molecule is COc1ccc(/C=N\NC(=O)c2cc(-c3ccc(F)cc3)nc3ccccc23)c(OC)c1OC. The van der Waals surface area contributed by atoms with Crippen molar-refractivity contribution in [3.63, 3.8) is 0 Å². The summed E-state index contributed by atoms with van der Waals surface area (Å²) in [5, 5.41) is 4.78. The number of fused-ring (bicyclic) bond motifs is 1. The van der Waals surface area contributed by atoms with Crippen LogP contribution in [0.1, 0.15) is 15.9 Å². The van der Waals surface area contributed by atoms with E-state index in [4.69, 9.17) is 14.2 Å². The van der Waals surface area contributed by atoms with Crippen molar-refractivity contribution in [3.8, 4) is 28.5 Å². The first-order valence-electron chi connectivity index (χ1n) is 10.3. The van der Waals surface area contributed by atoms with E-state index >= 15 is 0 Å². The Morgan fingerprint density at radius 3 is 2.38 bits per heavy atom. The monoisotopic (exact) mass is 459 g/mol. The molecule has 1 amide bonds. The molecule has 1 aromatic heterocycles. The standard InChI is InChI=1S/C26H22FN3O4/c1-32-23-13-10-17(24(33-2)25(23)34-3)15-28-30-26(31)20-14-22(16-8-11-18(27)12-9-16)29-21-7-5-4-6-19(20)21/h4-15H,1-3H3,(H,30,31)/b28-15-. The van der Waals surface area contributed by atoms with Crippen LogP contribution in [0.25, 0.3) is 22.2 Å². The molecule has 172 valence electrons. The number of amides is 1. The van der Waals surface area contributed by atoms with Gasteiger partial charge in [-0.25, -0.2) is 14.8 Å². The van der Waals surface area contributed by atoms with E-state index in [1.165, 1.54) is 39.7 Å². The van der Waals surface area contributed by atoms with Gasteiger partial charge in [-0.3, -0.25) is 4.79 Å². The summed E-state index contributed by atoms with van der Waals surface area (Å²) in [5.41, 5.74) is 5.42. The number of ether oxygens (including phenoxy) is 3. The Labute approximate surface area is 195 Å². The predicted molar refractivity (Wildman–Crippen MR) is 128 cm³/mol. The van der Waals surface area contributed by atoms with E-state index in [1.54, 1.807) is 30.3 Å². The zero-order valence-electron chi connectivity index (χ0n) is 18.8. The molecular formula is C26H22FN3O4. The third-order valence-electron chi connectivity index (χ3n) is 5.21. The van der Waals surface area contributed by atoms with E-state index in [2.05, 4.69) is 15.5 Å². The lowest BCUT2D eigenvalue weighted by Crippen LogP contribution is -2.18. The molecule has 0 bridgehead atoms. The van der Waals surface area contributed by atoms with Crippen LogP contribution in [0, 0.1) is 5.82 Å². The summed E-state index contributed by atoms with van der Waals surface area (Å²) in [5.74, 6) is 0.592. The van der Waals surface area contributed by atoms with Crippen LogP contribution in [0.5, 0.6) is 17.2 Å². The fraction of sp³-hybridized carbons (Fsp3) is 0.115. The molecule has 0 spiro atoms. The van der Waals surface area contributed by atoms with Gasteiger partial charge in [0, 0.05) is 16.5 Å². The van der Waals surface area contributed by atoms with E-state index in [0.717, 1.165) is 0 Å². The molecule has 34 heavy (non-hydrogen) atoms. The molecule has 7 nitrogen and oxygen atoms in total. The van der Waals surface area contributed by atoms with Crippen molar-refractivity contribution in [1.82, 2.24) is 10.4 Å². The van der Waals surface area contributed by atoms with Crippen LogP contribution in [0.4, 0.5) is 4.39 Å². The summed E-state index contributed by atoms with van der Waals surface area (Å²) < 4.78 is 29.5. The third kappa shape index (κ3) is 4.52. The molecule has 4 aromatic rings. The number of nitrogens with one attached hydrogen (secondary N) is 1. The molecule has 0 fully saturated rings. The minimum Gasteiger partial charge on any atom is -0.493 e. The Morgan fingerprint density at radius 1 is 0.941 bits per heavy atom. The van der Waals surface area contributed by atoms with Gasteiger partial charge in [-0.15, -0.1) is 0 Å². The number of carbonyl (C=O) groups is 1. The normalized spacial score (nSPS) is 10.9. The second-order valence-corrected chi connectivity index (χ2v) is 7.20. The molecule has 4 rings (SSSR count). The number of nitrogens with zero attached hydrogens (tertiary/aromatic N) is 2. The van der Waals surface area contributed by atoms with Gasteiger partial charge < -0.3 is 14.2 Å². The number of pyridine rings is 1. The molecule has 0 radical (unpaired) electrons. The van der Waals surface area contributed by atoms with Gasteiger partial charge in [-0.1, -0.05) is 18.2 Å². The Hall–Kier alpha value is -4.46. The predicted octanol–water partition coefficient (Wildman–Crippen LogP) is 4.83. The van der Waals surface area contributed by atoms with Crippen molar-refractivity contribution in [1.29, 1.82) is 0 Å². The summed E-state index contributed by atoms with van der Waals surface area (Å²) in [6, 6.07) is 18.4. The van der Waals surface area contributed by atoms with Crippen LogP contribution in [-0.4, -0.2) is 38.4 Å². The second-order valence-electron chi connectivity index (χ2n) is 7.20. The van der Waals surface area contributed by atoms with Gasteiger partial charge in [0.15, 0.2) is 11.5 Å². The molecule has 0 saturated carbocycles. The fourth-order valence-corrected chi connectivity index (χ4v) is 3.58. The van der Waals surface area contributed by atoms with Crippen molar-refractivity contribution in [2.45, 2.75) is 0 Å². The molecule has 1 N–H and O–H groups in total. The van der Waals surface area contributed by atoms with Crippen molar-refractivity contribution < 1.29 is 23.4 Å². The van der Waals surface area contributed by atoms with Crippen LogP contribution in [0.2, 0.25) is 0 Å². The number of hydrogen-bond acceptors (Lipinski definition) is 6. The zero-order chi connectivity index (χ0) is 24.1. The highest BCUT2D eigenvalue weighted by molar-refractivity contribution is 6.07. The van der Waals surface area contributed by atoms with Gasteiger partial charge in [-0.05, 0) is 48.5 Å². The molecule has 1 heterocycles. The minimum atomic E-state index is -0.419. The minimum absolute atomic E-state index is 0.345. The maximum absolute atomic E-state index is 13.4. The van der Waals surface area contributed by atoms with Crippen molar-refractivity contribution in [3.05, 3.63) is 83.7 Å². The molecule has 8 heteroatoms. The molecule has 0 atom stereocenters. The lowest BCUT2D eigenvalue weighted by atomic mass is 10.0. The molecule has 0 aliphatic heterocycles. The van der Waals surface area contributed by atoms with Gasteiger partial charge in [0.25, 0.3) is 5.91 Å². The molecular weight excluding hydrogens is 437 g/mol. The highest BCUT2D eigenvalue weighted by atomic mass is 19.1. The Morgan fingerprint density at radius 2 is 1.68 bits per heavy atom. The molecule has 0 unspecified atom stereocenters. The number of aromatic nitrogens is 1. The summed E-state index contributed by atoms with van der Waals surface area (Å²) in [6.07, 6.45) is 1.46. The molecule has 0 saturated heterocycles. The van der Waals surface area contributed by atoms with E-state index in [9.17, 15) is 9.18 Å². The largest absolute Gasteiger partial charge is 0.493 e. The number of carbonyl (C=O) groups excluding carboxylic acids is 1. The first-order valence-corrected chi connectivity index (χ1v) is 10.3.